The Kier molecular flexibility index (Phi) is 60.5. The molecule has 2 unspecified atom stereocenters. The number of nitrogens with one attached hydrogen (secondary N) is 1. The molecule has 0 aliphatic heterocycles. The molecular formula is C66H127NO5. The van der Waals surface area contributed by atoms with Gasteiger partial charge < -0.3 is 20.3 Å². The molecular weight excluding hydrogens is 887 g/mol. The van der Waals surface area contributed by atoms with Gasteiger partial charge in [0.25, 0.3) is 0 Å². The van der Waals surface area contributed by atoms with Crippen molar-refractivity contribution in [2.75, 3.05) is 13.2 Å². The van der Waals surface area contributed by atoms with Gasteiger partial charge in [-0.3, -0.25) is 9.59 Å². The van der Waals surface area contributed by atoms with E-state index in [-0.39, 0.29) is 18.5 Å². The zero-order valence-electron chi connectivity index (χ0n) is 48.7. The van der Waals surface area contributed by atoms with Crippen molar-refractivity contribution in [3.63, 3.8) is 0 Å². The van der Waals surface area contributed by atoms with E-state index in [4.69, 9.17) is 4.74 Å². The molecule has 0 bridgehead atoms. The molecule has 0 rings (SSSR count). The lowest BCUT2D eigenvalue weighted by molar-refractivity contribution is -0.143. The van der Waals surface area contributed by atoms with Crippen LogP contribution in [0.3, 0.4) is 0 Å². The minimum Gasteiger partial charge on any atom is -0.466 e. The number of aliphatic hydroxyl groups excluding tert-OH is 2. The van der Waals surface area contributed by atoms with Crippen LogP contribution in [-0.2, 0) is 14.3 Å². The summed E-state index contributed by atoms with van der Waals surface area (Å²) in [6.45, 7) is 4.92. The minimum atomic E-state index is -0.851. The van der Waals surface area contributed by atoms with Crippen LogP contribution >= 0.6 is 0 Å². The Morgan fingerprint density at radius 3 is 0.986 bits per heavy atom. The van der Waals surface area contributed by atoms with E-state index in [1.54, 1.807) is 6.08 Å². The van der Waals surface area contributed by atoms with Crippen molar-refractivity contribution in [1.29, 1.82) is 0 Å². The minimum absolute atomic E-state index is 0.00769. The summed E-state index contributed by atoms with van der Waals surface area (Å²) in [4.78, 5) is 24.5. The van der Waals surface area contributed by atoms with Gasteiger partial charge in [0.2, 0.25) is 5.91 Å². The number of unbranched alkanes of at least 4 members (excludes halogenated alkanes) is 48. The molecule has 6 nitrogen and oxygen atoms in total. The number of amides is 1. The Balaban J connectivity index is 3.46. The maximum atomic E-state index is 12.5. The maximum absolute atomic E-state index is 12.5. The summed E-state index contributed by atoms with van der Waals surface area (Å²) in [7, 11) is 0. The molecule has 6 heteroatoms. The number of aliphatic hydroxyl groups is 2. The molecule has 0 fully saturated rings. The molecule has 426 valence electrons. The van der Waals surface area contributed by atoms with E-state index in [1.807, 2.05) is 6.08 Å². The first kappa shape index (κ1) is 70.3. The van der Waals surface area contributed by atoms with E-state index in [0.717, 1.165) is 44.9 Å². The van der Waals surface area contributed by atoms with Crippen molar-refractivity contribution in [3.05, 3.63) is 24.3 Å². The van der Waals surface area contributed by atoms with Crippen LogP contribution in [0.4, 0.5) is 0 Å². The molecule has 0 spiro atoms. The Labute approximate surface area is 450 Å². The van der Waals surface area contributed by atoms with Crippen molar-refractivity contribution in [2.24, 2.45) is 0 Å². The highest BCUT2D eigenvalue weighted by molar-refractivity contribution is 5.76. The van der Waals surface area contributed by atoms with Gasteiger partial charge in [-0.1, -0.05) is 314 Å². The molecule has 2 atom stereocenters. The Morgan fingerprint density at radius 2 is 0.653 bits per heavy atom. The number of hydrogen-bond donors (Lipinski definition) is 3. The largest absolute Gasteiger partial charge is 0.466 e. The predicted octanol–water partition coefficient (Wildman–Crippen LogP) is 20.6. The van der Waals surface area contributed by atoms with Gasteiger partial charge in [-0.25, -0.2) is 0 Å². The van der Waals surface area contributed by atoms with Gasteiger partial charge in [0.15, 0.2) is 0 Å². The van der Waals surface area contributed by atoms with E-state index < -0.39 is 12.1 Å². The quantitative estimate of drug-likeness (QED) is 0.0320. The first-order valence-electron chi connectivity index (χ1n) is 32.6. The molecule has 0 heterocycles. The molecule has 0 aliphatic carbocycles. The van der Waals surface area contributed by atoms with Crippen LogP contribution in [-0.4, -0.2) is 47.4 Å². The lowest BCUT2D eigenvalue weighted by atomic mass is 10.0. The number of allylic oxidation sites excluding steroid dienone is 3. The number of ether oxygens (including phenoxy) is 1. The van der Waals surface area contributed by atoms with Crippen LogP contribution in [0, 0.1) is 0 Å². The molecule has 72 heavy (non-hydrogen) atoms. The fourth-order valence-corrected chi connectivity index (χ4v) is 10.2. The summed E-state index contributed by atoms with van der Waals surface area (Å²) in [6.07, 6.45) is 76.5. The Bertz CT molecular complexity index is 1120. The zero-order chi connectivity index (χ0) is 52.2. The number of esters is 1. The Morgan fingerprint density at radius 1 is 0.375 bits per heavy atom. The topological polar surface area (TPSA) is 95.9 Å². The highest BCUT2D eigenvalue weighted by Gasteiger charge is 2.18. The smallest absolute Gasteiger partial charge is 0.305 e. The molecule has 0 aromatic rings. The summed E-state index contributed by atoms with van der Waals surface area (Å²) in [6, 6.07) is -0.635. The average molecular weight is 1010 g/mol. The van der Waals surface area contributed by atoms with Gasteiger partial charge in [-0.05, 0) is 57.8 Å². The maximum Gasteiger partial charge on any atom is 0.305 e. The second-order valence-corrected chi connectivity index (χ2v) is 22.5. The SMILES string of the molecule is CCCCCCCCCCCCCCCCCCCCCC/C=C/C(O)C(CO)NC(=O)CCCCCCCCC/C=C\CCCCCCCCCCCOC(=O)CCCCCCCCCCCCCCC. The summed E-state index contributed by atoms with van der Waals surface area (Å²) in [5.41, 5.74) is 0. The number of carbonyl (C=O) groups excluding carboxylic acids is 2. The van der Waals surface area contributed by atoms with Crippen molar-refractivity contribution < 1.29 is 24.5 Å². The van der Waals surface area contributed by atoms with Crippen LogP contribution in [0.5, 0.6) is 0 Å². The first-order chi connectivity index (χ1) is 35.5. The highest BCUT2D eigenvalue weighted by atomic mass is 16.5. The highest BCUT2D eigenvalue weighted by Crippen LogP contribution is 2.18. The molecule has 0 aliphatic rings. The third-order valence-corrected chi connectivity index (χ3v) is 15.2. The van der Waals surface area contributed by atoms with Crippen molar-refractivity contribution >= 4 is 11.9 Å². The van der Waals surface area contributed by atoms with Crippen LogP contribution in [0.15, 0.2) is 24.3 Å². The third-order valence-electron chi connectivity index (χ3n) is 15.2. The second-order valence-electron chi connectivity index (χ2n) is 22.5. The monoisotopic (exact) mass is 1010 g/mol. The molecule has 0 saturated carbocycles. The zero-order valence-corrected chi connectivity index (χ0v) is 48.7. The molecule has 3 N–H and O–H groups in total. The van der Waals surface area contributed by atoms with Gasteiger partial charge in [0.1, 0.15) is 0 Å². The first-order valence-corrected chi connectivity index (χ1v) is 32.6. The van der Waals surface area contributed by atoms with E-state index in [1.165, 1.54) is 289 Å². The van der Waals surface area contributed by atoms with Gasteiger partial charge >= 0.3 is 5.97 Å². The van der Waals surface area contributed by atoms with Gasteiger partial charge in [-0.2, -0.15) is 0 Å². The van der Waals surface area contributed by atoms with Crippen LogP contribution < -0.4 is 5.32 Å². The lowest BCUT2D eigenvalue weighted by Gasteiger charge is -2.20. The fourth-order valence-electron chi connectivity index (χ4n) is 10.2. The van der Waals surface area contributed by atoms with Crippen molar-refractivity contribution in [1.82, 2.24) is 5.32 Å². The summed E-state index contributed by atoms with van der Waals surface area (Å²) in [5, 5.41) is 23.2. The molecule has 1 amide bonds. The Hall–Kier alpha value is -1.66. The summed E-state index contributed by atoms with van der Waals surface area (Å²) >= 11 is 0. The van der Waals surface area contributed by atoms with E-state index in [0.29, 0.717) is 19.4 Å². The standard InChI is InChI=1S/C66H127NO5/c1-3-5-7-9-11-13-15-17-18-19-20-21-22-25-28-31-35-38-42-46-50-54-58-64(69)63(62-68)67-65(70)59-55-51-47-43-39-36-32-29-26-23-24-27-30-33-37-41-45-49-53-57-61-72-66(71)60-56-52-48-44-40-34-16-14-12-10-8-6-4-2/h23,26,54,58,63-64,68-69H,3-22,24-25,27-53,55-57,59-62H2,1-2H3,(H,67,70)/b26-23-,58-54+. The summed E-state index contributed by atoms with van der Waals surface area (Å²) < 4.78 is 5.48. The van der Waals surface area contributed by atoms with Gasteiger partial charge in [-0.15, -0.1) is 0 Å². The second kappa shape index (κ2) is 61.9. The van der Waals surface area contributed by atoms with Gasteiger partial charge in [0, 0.05) is 12.8 Å². The van der Waals surface area contributed by atoms with E-state index in [9.17, 15) is 19.8 Å². The number of rotatable bonds is 61. The van der Waals surface area contributed by atoms with Gasteiger partial charge in [0.05, 0.1) is 25.4 Å². The van der Waals surface area contributed by atoms with Crippen LogP contribution in [0.25, 0.3) is 0 Å². The van der Waals surface area contributed by atoms with Crippen molar-refractivity contribution in [2.45, 2.75) is 373 Å². The fraction of sp³-hybridized carbons (Fsp3) is 0.909. The van der Waals surface area contributed by atoms with Crippen molar-refractivity contribution in [3.8, 4) is 0 Å². The molecule has 0 saturated heterocycles. The molecule has 0 radical (unpaired) electrons. The number of hydrogen-bond acceptors (Lipinski definition) is 5. The lowest BCUT2D eigenvalue weighted by Crippen LogP contribution is -2.45. The average Bonchev–Trinajstić information content (AvgIpc) is 3.38. The van der Waals surface area contributed by atoms with Crippen LogP contribution in [0.2, 0.25) is 0 Å². The normalized spacial score (nSPS) is 12.7. The van der Waals surface area contributed by atoms with E-state index in [2.05, 4.69) is 31.3 Å². The molecule has 0 aromatic carbocycles. The number of carbonyl (C=O) groups is 2. The predicted molar refractivity (Wildman–Crippen MR) is 315 cm³/mol. The van der Waals surface area contributed by atoms with Crippen LogP contribution in [0.1, 0.15) is 361 Å². The third kappa shape index (κ3) is 57.6. The van der Waals surface area contributed by atoms with E-state index >= 15 is 0 Å². The molecule has 0 aromatic heterocycles. The summed E-state index contributed by atoms with van der Waals surface area (Å²) in [5.74, 6) is -0.0653.